The van der Waals surface area contributed by atoms with E-state index in [4.69, 9.17) is 16.7 Å². The quantitative estimate of drug-likeness (QED) is 0.350. The maximum atomic E-state index is 11.8. The molecule has 0 spiro atoms. The van der Waals surface area contributed by atoms with Gasteiger partial charge >= 0.3 is 5.97 Å². The highest BCUT2D eigenvalue weighted by Gasteiger charge is 2.28. The lowest BCUT2D eigenvalue weighted by Crippen LogP contribution is -2.42. The zero-order valence-corrected chi connectivity index (χ0v) is 20.4. The van der Waals surface area contributed by atoms with Crippen molar-refractivity contribution in [1.29, 1.82) is 0 Å². The predicted molar refractivity (Wildman–Crippen MR) is 138 cm³/mol. The SMILES string of the molecule is NC(=O)c1cccc2c1N(CC1CCN(c3ncc(C(=O)O)cn3)CC1)NC2.NOCc1ccccc1. The molecule has 0 aliphatic carbocycles. The van der Waals surface area contributed by atoms with Crippen LogP contribution in [-0.4, -0.2) is 46.6 Å². The van der Waals surface area contributed by atoms with Crippen LogP contribution in [-0.2, 0) is 18.0 Å². The maximum absolute atomic E-state index is 11.8. The number of hydrogen-bond acceptors (Lipinski definition) is 9. The Balaban J connectivity index is 0.000000301. The Morgan fingerprint density at radius 2 is 1.76 bits per heavy atom. The first-order chi connectivity index (χ1) is 18.0. The molecule has 11 nitrogen and oxygen atoms in total. The Bertz CT molecular complexity index is 1200. The van der Waals surface area contributed by atoms with Gasteiger partial charge in [0.2, 0.25) is 5.95 Å². The van der Waals surface area contributed by atoms with Gasteiger partial charge in [-0.25, -0.2) is 26.1 Å². The van der Waals surface area contributed by atoms with Gasteiger partial charge < -0.3 is 20.7 Å². The van der Waals surface area contributed by atoms with Gasteiger partial charge in [-0.2, -0.15) is 0 Å². The summed E-state index contributed by atoms with van der Waals surface area (Å²) in [4.78, 5) is 37.5. The fourth-order valence-electron chi connectivity index (χ4n) is 4.51. The number of piperidine rings is 1. The maximum Gasteiger partial charge on any atom is 0.338 e. The van der Waals surface area contributed by atoms with Crippen molar-refractivity contribution in [3.8, 4) is 0 Å². The lowest BCUT2D eigenvalue weighted by atomic mass is 9.96. The number of carboxylic acid groups (broad SMARTS) is 1. The number of amides is 1. The molecule has 2 aliphatic heterocycles. The van der Waals surface area contributed by atoms with E-state index in [1.807, 2.05) is 47.5 Å². The van der Waals surface area contributed by atoms with Crippen LogP contribution in [0, 0.1) is 5.92 Å². The van der Waals surface area contributed by atoms with Gasteiger partial charge in [0.25, 0.3) is 5.91 Å². The molecule has 3 aromatic rings. The number of carbonyl (C=O) groups excluding carboxylic acids is 1. The lowest BCUT2D eigenvalue weighted by Gasteiger charge is -2.34. The Morgan fingerprint density at radius 1 is 1.05 bits per heavy atom. The van der Waals surface area contributed by atoms with Crippen LogP contribution in [0.2, 0.25) is 0 Å². The average molecular weight is 506 g/mol. The predicted octanol–water partition coefficient (Wildman–Crippen LogP) is 2.09. The van der Waals surface area contributed by atoms with Crippen molar-refractivity contribution in [1.82, 2.24) is 15.4 Å². The van der Waals surface area contributed by atoms with Gasteiger partial charge in [-0.3, -0.25) is 9.63 Å². The van der Waals surface area contributed by atoms with Gasteiger partial charge in [0.15, 0.2) is 0 Å². The van der Waals surface area contributed by atoms with Gasteiger partial charge in [0, 0.05) is 38.6 Å². The van der Waals surface area contributed by atoms with Crippen LogP contribution in [0.1, 0.15) is 44.7 Å². The summed E-state index contributed by atoms with van der Waals surface area (Å²) in [5.74, 6) is 4.43. The summed E-state index contributed by atoms with van der Waals surface area (Å²) in [6.07, 6.45) is 4.59. The van der Waals surface area contributed by atoms with E-state index in [0.29, 0.717) is 30.6 Å². The minimum absolute atomic E-state index is 0.0858. The zero-order valence-electron chi connectivity index (χ0n) is 20.4. The summed E-state index contributed by atoms with van der Waals surface area (Å²) in [5, 5.41) is 11.0. The number of benzene rings is 2. The van der Waals surface area contributed by atoms with Crippen LogP contribution in [0.3, 0.4) is 0 Å². The highest BCUT2D eigenvalue weighted by atomic mass is 16.6. The number of para-hydroxylation sites is 1. The first-order valence-electron chi connectivity index (χ1n) is 12.0. The monoisotopic (exact) mass is 505 g/mol. The van der Waals surface area contributed by atoms with E-state index < -0.39 is 11.9 Å². The molecule has 11 heteroatoms. The van der Waals surface area contributed by atoms with E-state index in [2.05, 4.69) is 25.1 Å². The standard InChI is InChI=1S/C19H22N6O3.C7H9NO/c20-17(26)15-3-1-2-13-10-23-25(16(13)15)11-12-4-6-24(7-5-12)19-21-8-14(9-22-19)18(27)28;8-9-6-7-4-2-1-3-5-7/h1-3,8-9,12,23H,4-7,10-11H2,(H2,20,26)(H,27,28);1-5H,6,8H2. The fourth-order valence-corrected chi connectivity index (χ4v) is 4.51. The molecule has 2 aliphatic rings. The zero-order chi connectivity index (χ0) is 26.2. The molecular formula is C26H31N7O4. The van der Waals surface area contributed by atoms with Gasteiger partial charge in [0.1, 0.15) is 0 Å². The van der Waals surface area contributed by atoms with Crippen molar-refractivity contribution in [2.75, 3.05) is 29.5 Å². The Hall–Kier alpha value is -4.06. The fraction of sp³-hybridized carbons (Fsp3) is 0.308. The van der Waals surface area contributed by atoms with E-state index in [1.165, 1.54) is 12.4 Å². The highest BCUT2D eigenvalue weighted by molar-refractivity contribution is 5.99. The van der Waals surface area contributed by atoms with Crippen molar-refractivity contribution < 1.29 is 19.5 Å². The van der Waals surface area contributed by atoms with Crippen molar-refractivity contribution in [2.45, 2.75) is 26.0 Å². The van der Waals surface area contributed by atoms with E-state index in [0.717, 1.165) is 49.3 Å². The number of fused-ring (bicyclic) bond motifs is 1. The van der Waals surface area contributed by atoms with E-state index in [9.17, 15) is 9.59 Å². The van der Waals surface area contributed by atoms with E-state index >= 15 is 0 Å². The van der Waals surface area contributed by atoms with Crippen LogP contribution >= 0.6 is 0 Å². The number of primary amides is 1. The van der Waals surface area contributed by atoms with E-state index in [-0.39, 0.29) is 5.56 Å². The number of nitrogens with one attached hydrogen (secondary N) is 1. The topological polar surface area (TPSA) is 160 Å². The second kappa shape index (κ2) is 12.3. The third-order valence-electron chi connectivity index (χ3n) is 6.43. The number of nitrogens with zero attached hydrogens (tertiary/aromatic N) is 4. The molecule has 3 heterocycles. The number of carboxylic acids is 1. The second-order valence-corrected chi connectivity index (χ2v) is 8.93. The van der Waals surface area contributed by atoms with Crippen LogP contribution in [0.5, 0.6) is 0 Å². The molecule has 6 N–H and O–H groups in total. The normalized spacial score (nSPS) is 15.1. The lowest BCUT2D eigenvalue weighted by molar-refractivity contribution is 0.0695. The summed E-state index contributed by atoms with van der Waals surface area (Å²) in [6, 6.07) is 15.4. The number of anilines is 2. The summed E-state index contributed by atoms with van der Waals surface area (Å²) in [6.45, 7) is 3.58. The molecule has 1 saturated heterocycles. The van der Waals surface area contributed by atoms with Crippen molar-refractivity contribution in [3.05, 3.63) is 83.2 Å². The number of hydrazine groups is 1. The average Bonchev–Trinajstić information content (AvgIpc) is 3.33. The minimum atomic E-state index is -1.03. The van der Waals surface area contributed by atoms with Gasteiger partial charge in [-0.15, -0.1) is 0 Å². The molecule has 0 unspecified atom stereocenters. The summed E-state index contributed by atoms with van der Waals surface area (Å²) in [7, 11) is 0. The third-order valence-corrected chi connectivity index (χ3v) is 6.43. The molecule has 1 fully saturated rings. The minimum Gasteiger partial charge on any atom is -0.478 e. The molecule has 1 aromatic heterocycles. The summed E-state index contributed by atoms with van der Waals surface area (Å²) in [5.41, 5.74) is 12.6. The van der Waals surface area contributed by atoms with Gasteiger partial charge in [-0.1, -0.05) is 42.5 Å². The first kappa shape index (κ1) is 26.0. The van der Waals surface area contributed by atoms with Crippen molar-refractivity contribution >= 4 is 23.5 Å². The molecule has 0 saturated carbocycles. The van der Waals surface area contributed by atoms with Crippen LogP contribution in [0.4, 0.5) is 11.6 Å². The van der Waals surface area contributed by atoms with Crippen molar-refractivity contribution in [3.63, 3.8) is 0 Å². The van der Waals surface area contributed by atoms with Crippen LogP contribution in [0.15, 0.2) is 60.9 Å². The molecule has 1 amide bonds. The molecule has 0 atom stereocenters. The molecular weight excluding hydrogens is 474 g/mol. The van der Waals surface area contributed by atoms with Crippen LogP contribution < -0.4 is 27.0 Å². The largest absolute Gasteiger partial charge is 0.478 e. The number of carbonyl (C=O) groups is 2. The summed E-state index contributed by atoms with van der Waals surface area (Å²) < 4.78 is 0. The van der Waals surface area contributed by atoms with E-state index in [1.54, 1.807) is 6.07 Å². The second-order valence-electron chi connectivity index (χ2n) is 8.93. The number of aromatic nitrogens is 2. The summed E-state index contributed by atoms with van der Waals surface area (Å²) >= 11 is 0. The van der Waals surface area contributed by atoms with Crippen LogP contribution in [0.25, 0.3) is 0 Å². The molecule has 0 bridgehead atoms. The molecule has 0 radical (unpaired) electrons. The number of aromatic carboxylic acids is 1. The Morgan fingerprint density at radius 3 is 2.38 bits per heavy atom. The molecule has 194 valence electrons. The Labute approximate surface area is 215 Å². The van der Waals surface area contributed by atoms with Crippen molar-refractivity contribution in [2.24, 2.45) is 17.5 Å². The first-order valence-corrected chi connectivity index (χ1v) is 12.0. The number of rotatable bonds is 7. The van der Waals surface area contributed by atoms with Gasteiger partial charge in [0.05, 0.1) is 23.4 Å². The number of nitrogens with two attached hydrogens (primary N) is 2. The molecule has 5 rings (SSSR count). The Kier molecular flexibility index (Phi) is 8.62. The third kappa shape index (κ3) is 6.58. The van der Waals surface area contributed by atoms with Gasteiger partial charge in [-0.05, 0) is 36.0 Å². The number of hydrogen-bond donors (Lipinski definition) is 4. The molecule has 37 heavy (non-hydrogen) atoms. The molecule has 2 aromatic carbocycles. The highest BCUT2D eigenvalue weighted by Crippen LogP contribution is 2.31. The smallest absolute Gasteiger partial charge is 0.338 e.